The molecule has 2 aromatic heterocycles. The van der Waals surface area contributed by atoms with Crippen LogP contribution in [0.3, 0.4) is 0 Å². The Hall–Kier alpha value is -2.13. The molecule has 3 aromatic rings. The lowest BCUT2D eigenvalue weighted by atomic mass is 10.1. The van der Waals surface area contributed by atoms with Crippen LogP contribution in [-0.4, -0.2) is 4.98 Å². The zero-order valence-corrected chi connectivity index (χ0v) is 12.5. The number of halogens is 1. The Labute approximate surface area is 127 Å². The lowest BCUT2D eigenvalue weighted by molar-refractivity contribution is 0.637. The van der Waals surface area contributed by atoms with Crippen molar-refractivity contribution in [1.29, 1.82) is 0 Å². The maximum absolute atomic E-state index is 13.7. The minimum atomic E-state index is -0.218. The molecule has 0 aliphatic rings. The molecule has 106 valence electrons. The third kappa shape index (κ3) is 2.57. The summed E-state index contributed by atoms with van der Waals surface area (Å²) in [5.41, 5.74) is 3.82. The molecule has 0 aliphatic heterocycles. The molecule has 0 atom stereocenters. The van der Waals surface area contributed by atoms with Crippen LogP contribution in [-0.2, 0) is 0 Å². The van der Waals surface area contributed by atoms with E-state index in [4.69, 9.17) is 0 Å². The first-order valence-electron chi connectivity index (χ1n) is 6.84. The summed E-state index contributed by atoms with van der Waals surface area (Å²) in [7, 11) is 0. The molecule has 21 heavy (non-hydrogen) atoms. The predicted molar refractivity (Wildman–Crippen MR) is 90.0 cm³/mol. The van der Waals surface area contributed by atoms with Gasteiger partial charge in [0, 0.05) is 22.0 Å². The number of aromatic nitrogens is 1. The Bertz CT molecular complexity index is 810. The van der Waals surface area contributed by atoms with Gasteiger partial charge in [-0.1, -0.05) is 24.8 Å². The summed E-state index contributed by atoms with van der Waals surface area (Å²) in [6, 6.07) is 7.28. The fourth-order valence-corrected chi connectivity index (χ4v) is 3.33. The van der Waals surface area contributed by atoms with Crippen LogP contribution in [0.5, 0.6) is 0 Å². The van der Waals surface area contributed by atoms with Crippen molar-refractivity contribution in [3.05, 3.63) is 65.8 Å². The van der Waals surface area contributed by atoms with Crippen LogP contribution in [0.15, 0.2) is 55.1 Å². The van der Waals surface area contributed by atoms with Gasteiger partial charge in [0.25, 0.3) is 0 Å². The number of thiophene rings is 1. The molecule has 0 spiro atoms. The Morgan fingerprint density at radius 2 is 2.24 bits per heavy atom. The highest BCUT2D eigenvalue weighted by Crippen LogP contribution is 2.35. The van der Waals surface area contributed by atoms with Gasteiger partial charge in [-0.3, -0.25) is 0 Å². The summed E-state index contributed by atoms with van der Waals surface area (Å²) in [5, 5.41) is 3.01. The summed E-state index contributed by atoms with van der Waals surface area (Å²) in [4.78, 5) is 4.20. The normalized spacial score (nSPS) is 10.9. The quantitative estimate of drug-likeness (QED) is 0.555. The van der Waals surface area contributed by atoms with Crippen LogP contribution in [0.4, 0.5) is 4.39 Å². The molecule has 0 unspecified atom stereocenters. The number of nitrogens with one attached hydrogen (secondary N) is 1. The molecule has 2 heterocycles. The van der Waals surface area contributed by atoms with E-state index in [0.29, 0.717) is 5.52 Å². The smallest absolute Gasteiger partial charge is 0.147 e. The second kappa shape index (κ2) is 5.70. The van der Waals surface area contributed by atoms with E-state index in [2.05, 4.69) is 29.6 Å². The van der Waals surface area contributed by atoms with Gasteiger partial charge in [-0.05, 0) is 41.5 Å². The summed E-state index contributed by atoms with van der Waals surface area (Å²) in [6.07, 6.45) is 5.63. The number of H-pyrrole nitrogens is 1. The number of hydrogen-bond donors (Lipinski definition) is 1. The van der Waals surface area contributed by atoms with Gasteiger partial charge < -0.3 is 4.98 Å². The van der Waals surface area contributed by atoms with E-state index >= 15 is 0 Å². The standard InChI is InChI=1S/C18H16FNS/c1-3-4-6-12(2)17-9-13(11-21-17)15-10-20-18-14(15)7-5-8-16(18)19/h3,5,7-11,20H,1-2,4,6H2. The van der Waals surface area contributed by atoms with E-state index in [0.717, 1.165) is 34.9 Å². The Balaban J connectivity index is 1.97. The van der Waals surface area contributed by atoms with E-state index in [1.54, 1.807) is 17.4 Å². The Morgan fingerprint density at radius 1 is 1.38 bits per heavy atom. The van der Waals surface area contributed by atoms with Crippen molar-refractivity contribution < 1.29 is 4.39 Å². The van der Waals surface area contributed by atoms with E-state index < -0.39 is 0 Å². The monoisotopic (exact) mass is 297 g/mol. The number of fused-ring (bicyclic) bond motifs is 1. The number of aromatic amines is 1. The molecule has 0 saturated carbocycles. The lowest BCUT2D eigenvalue weighted by Crippen LogP contribution is -1.77. The number of rotatable bonds is 5. The highest BCUT2D eigenvalue weighted by atomic mass is 32.1. The number of hydrogen-bond acceptors (Lipinski definition) is 1. The van der Waals surface area contributed by atoms with Crippen LogP contribution in [0.2, 0.25) is 0 Å². The van der Waals surface area contributed by atoms with Crippen LogP contribution in [0.1, 0.15) is 17.7 Å². The molecule has 0 bridgehead atoms. The van der Waals surface area contributed by atoms with Crippen molar-refractivity contribution in [3.8, 4) is 11.1 Å². The molecule has 0 radical (unpaired) electrons. The summed E-state index contributed by atoms with van der Waals surface area (Å²) < 4.78 is 13.7. The first kappa shape index (κ1) is 13.8. The predicted octanol–water partition coefficient (Wildman–Crippen LogP) is 6.01. The van der Waals surface area contributed by atoms with Gasteiger partial charge >= 0.3 is 0 Å². The fraction of sp³-hybridized carbons (Fsp3) is 0.111. The molecular formula is C18H16FNS. The van der Waals surface area contributed by atoms with Crippen molar-refractivity contribution in [2.45, 2.75) is 12.8 Å². The van der Waals surface area contributed by atoms with Crippen LogP contribution < -0.4 is 0 Å². The van der Waals surface area contributed by atoms with Gasteiger partial charge in [-0.2, -0.15) is 0 Å². The second-order valence-corrected chi connectivity index (χ2v) is 5.91. The average molecular weight is 297 g/mol. The number of allylic oxidation sites excluding steroid dienone is 2. The topological polar surface area (TPSA) is 15.8 Å². The second-order valence-electron chi connectivity index (χ2n) is 5.00. The van der Waals surface area contributed by atoms with Crippen LogP contribution in [0, 0.1) is 5.82 Å². The summed E-state index contributed by atoms with van der Waals surface area (Å²) in [6.45, 7) is 7.87. The third-order valence-electron chi connectivity index (χ3n) is 3.57. The van der Waals surface area contributed by atoms with Gasteiger partial charge in [0.2, 0.25) is 0 Å². The Kier molecular flexibility index (Phi) is 3.76. The van der Waals surface area contributed by atoms with Gasteiger partial charge in [-0.25, -0.2) is 4.39 Å². The lowest BCUT2D eigenvalue weighted by Gasteiger charge is -1.99. The van der Waals surface area contributed by atoms with Crippen molar-refractivity contribution in [2.75, 3.05) is 0 Å². The maximum Gasteiger partial charge on any atom is 0.147 e. The highest BCUT2D eigenvalue weighted by molar-refractivity contribution is 7.11. The highest BCUT2D eigenvalue weighted by Gasteiger charge is 2.11. The first-order chi connectivity index (χ1) is 10.2. The molecule has 1 N–H and O–H groups in total. The number of para-hydroxylation sites is 1. The molecule has 3 rings (SSSR count). The van der Waals surface area contributed by atoms with Gasteiger partial charge in [0.15, 0.2) is 0 Å². The van der Waals surface area contributed by atoms with Gasteiger partial charge in [0.05, 0.1) is 5.52 Å². The summed E-state index contributed by atoms with van der Waals surface area (Å²) in [5.74, 6) is -0.218. The maximum atomic E-state index is 13.7. The first-order valence-corrected chi connectivity index (χ1v) is 7.72. The molecule has 0 aliphatic carbocycles. The van der Waals surface area contributed by atoms with Gasteiger partial charge in [-0.15, -0.1) is 17.9 Å². The van der Waals surface area contributed by atoms with E-state index in [-0.39, 0.29) is 5.82 Å². The number of benzene rings is 1. The largest absolute Gasteiger partial charge is 0.358 e. The van der Waals surface area contributed by atoms with Crippen molar-refractivity contribution >= 4 is 27.8 Å². The van der Waals surface area contributed by atoms with E-state index in [9.17, 15) is 4.39 Å². The zero-order chi connectivity index (χ0) is 14.8. The van der Waals surface area contributed by atoms with Crippen molar-refractivity contribution in [2.24, 2.45) is 0 Å². The molecule has 0 saturated heterocycles. The molecule has 1 aromatic carbocycles. The van der Waals surface area contributed by atoms with Crippen molar-refractivity contribution in [3.63, 3.8) is 0 Å². The molecular weight excluding hydrogens is 281 g/mol. The SMILES string of the molecule is C=CCCC(=C)c1cc(-c2c[nH]c3c(F)cccc23)cs1. The fourth-order valence-electron chi connectivity index (χ4n) is 2.42. The zero-order valence-electron chi connectivity index (χ0n) is 11.7. The van der Waals surface area contributed by atoms with Crippen molar-refractivity contribution in [1.82, 2.24) is 4.98 Å². The molecule has 0 fully saturated rings. The summed E-state index contributed by atoms with van der Waals surface area (Å²) >= 11 is 1.68. The molecule has 1 nitrogen and oxygen atoms in total. The van der Waals surface area contributed by atoms with Crippen LogP contribution >= 0.6 is 11.3 Å². The molecule has 0 amide bonds. The van der Waals surface area contributed by atoms with E-state index in [1.165, 1.54) is 10.9 Å². The van der Waals surface area contributed by atoms with E-state index in [1.807, 2.05) is 18.3 Å². The average Bonchev–Trinajstić information content (AvgIpc) is 3.11. The molecule has 3 heteroatoms. The van der Waals surface area contributed by atoms with Crippen LogP contribution in [0.25, 0.3) is 27.6 Å². The van der Waals surface area contributed by atoms with Gasteiger partial charge in [0.1, 0.15) is 5.82 Å². The minimum absolute atomic E-state index is 0.218. The Morgan fingerprint density at radius 3 is 3.05 bits per heavy atom. The third-order valence-corrected chi connectivity index (χ3v) is 4.61. The minimum Gasteiger partial charge on any atom is -0.358 e.